The average molecular weight is 359 g/mol. The summed E-state index contributed by atoms with van der Waals surface area (Å²) >= 11 is 0. The topological polar surface area (TPSA) is 99.6 Å². The number of rotatable bonds is 6. The predicted octanol–water partition coefficient (Wildman–Crippen LogP) is -4.20. The van der Waals surface area contributed by atoms with Gasteiger partial charge in [-0.15, -0.1) is 0 Å². The molecule has 7 nitrogen and oxygen atoms in total. The quantitative estimate of drug-likeness (QED) is 0.419. The first-order valence-electron chi connectivity index (χ1n) is 8.41. The lowest BCUT2D eigenvalue weighted by molar-refractivity contribution is -0.858. The van der Waals surface area contributed by atoms with Gasteiger partial charge in [0.25, 0.3) is 0 Å². The van der Waals surface area contributed by atoms with Gasteiger partial charge in [-0.2, -0.15) is 7.82 Å². The molecule has 0 fully saturated rings. The molecule has 0 radical (unpaired) electrons. The van der Waals surface area contributed by atoms with Gasteiger partial charge in [-0.05, 0) is 19.3 Å². The summed E-state index contributed by atoms with van der Waals surface area (Å²) < 4.78 is 8.55. The minimum absolute atomic E-state index is 1.29. The highest BCUT2D eigenvalue weighted by Gasteiger charge is 1.84. The molecule has 0 amide bonds. The minimum Gasteiger partial charge on any atom is -0.822 e. The first-order valence-corrected chi connectivity index (χ1v) is 9.87. The van der Waals surface area contributed by atoms with Crippen LogP contribution in [0.4, 0.5) is 0 Å². The van der Waals surface area contributed by atoms with E-state index >= 15 is 0 Å². The molecule has 0 unspecified atom stereocenters. The maximum Gasteiger partial charge on any atom is 0.0764 e. The van der Waals surface area contributed by atoms with Gasteiger partial charge in [0.15, 0.2) is 0 Å². The zero-order chi connectivity index (χ0) is 19.5. The van der Waals surface area contributed by atoms with Crippen LogP contribution in [0.1, 0.15) is 40.0 Å². The van der Waals surface area contributed by atoms with E-state index in [1.807, 2.05) is 0 Å². The summed E-state index contributed by atoms with van der Waals surface area (Å²) in [5.74, 6) is 0. The van der Waals surface area contributed by atoms with Crippen LogP contribution < -0.4 is 29.4 Å². The number of quaternary nitrogens is 3. The van der Waals surface area contributed by atoms with Crippen LogP contribution in [0.25, 0.3) is 0 Å². The number of phosphoric acid groups is 1. The second-order valence-corrected chi connectivity index (χ2v) is 7.21. The van der Waals surface area contributed by atoms with Gasteiger partial charge >= 0.3 is 0 Å². The van der Waals surface area contributed by atoms with Crippen LogP contribution in [0.5, 0.6) is 0 Å². The third-order valence-electron chi connectivity index (χ3n) is 2.25. The number of nitrogens with one attached hydrogen (secondary N) is 3. The van der Waals surface area contributed by atoms with Gasteiger partial charge in [0.2, 0.25) is 0 Å². The highest BCUT2D eigenvalue weighted by atomic mass is 31.2. The van der Waals surface area contributed by atoms with Gasteiger partial charge in [-0.1, -0.05) is 20.8 Å². The molecule has 0 heterocycles. The van der Waals surface area contributed by atoms with E-state index in [0.717, 1.165) is 0 Å². The summed E-state index contributed by atoms with van der Waals surface area (Å²) in [6, 6.07) is 0. The Labute approximate surface area is 144 Å². The molecule has 0 saturated carbocycles. The van der Waals surface area contributed by atoms with Crippen LogP contribution in [0.2, 0.25) is 0 Å². The van der Waals surface area contributed by atoms with Crippen molar-refractivity contribution in [3.8, 4) is 0 Å². The van der Waals surface area contributed by atoms with Crippen molar-refractivity contribution in [2.45, 2.75) is 40.0 Å². The maximum absolute atomic E-state index is 8.55. The smallest absolute Gasteiger partial charge is 0.0764 e. The van der Waals surface area contributed by atoms with Gasteiger partial charge in [0.05, 0.1) is 61.9 Å². The second kappa shape index (κ2) is 22.0. The van der Waals surface area contributed by atoms with Gasteiger partial charge in [0, 0.05) is 0 Å². The summed E-state index contributed by atoms with van der Waals surface area (Å²) in [5.41, 5.74) is 0. The van der Waals surface area contributed by atoms with E-state index in [9.17, 15) is 0 Å². The van der Waals surface area contributed by atoms with E-state index in [4.69, 9.17) is 19.2 Å². The van der Waals surface area contributed by atoms with Crippen molar-refractivity contribution in [3.63, 3.8) is 0 Å². The Morgan fingerprint density at radius 3 is 0.739 bits per heavy atom. The molecule has 0 saturated heterocycles. The fraction of sp³-hybridized carbons (Fsp3) is 1.00. The van der Waals surface area contributed by atoms with E-state index < -0.39 is 7.82 Å². The molecule has 0 aliphatic rings. The van der Waals surface area contributed by atoms with Crippen LogP contribution in [0.3, 0.4) is 0 Å². The third kappa shape index (κ3) is 109. The zero-order valence-corrected chi connectivity index (χ0v) is 17.7. The van der Waals surface area contributed by atoms with Crippen LogP contribution in [-0.4, -0.2) is 61.9 Å². The highest BCUT2D eigenvalue weighted by molar-refractivity contribution is 7.40. The molecule has 8 heteroatoms. The average Bonchev–Trinajstić information content (AvgIpc) is 2.27. The number of hydrogen-bond donors (Lipinski definition) is 3. The van der Waals surface area contributed by atoms with Crippen molar-refractivity contribution in [1.82, 2.24) is 0 Å². The zero-order valence-electron chi connectivity index (χ0n) is 16.8. The second-order valence-electron chi connectivity index (χ2n) is 6.32. The fourth-order valence-electron chi connectivity index (χ4n) is 1.50. The van der Waals surface area contributed by atoms with Crippen molar-refractivity contribution in [1.29, 1.82) is 0 Å². The molecule has 0 aliphatic heterocycles. The van der Waals surface area contributed by atoms with E-state index in [2.05, 4.69) is 63.1 Å². The first kappa shape index (κ1) is 30.8. The van der Waals surface area contributed by atoms with Crippen molar-refractivity contribution >= 4 is 7.82 Å². The Morgan fingerprint density at radius 1 is 0.609 bits per heavy atom. The molecule has 0 atom stereocenters. The largest absolute Gasteiger partial charge is 0.822 e. The predicted molar refractivity (Wildman–Crippen MR) is 91.5 cm³/mol. The fourth-order valence-corrected chi connectivity index (χ4v) is 1.50. The lowest BCUT2D eigenvalue weighted by atomic mass is 10.5. The Hall–Kier alpha value is -0.0100. The van der Waals surface area contributed by atoms with E-state index in [1.54, 1.807) is 0 Å². The number of hydrogen-bond acceptors (Lipinski definition) is 4. The Bertz CT molecular complexity index is 215. The molecule has 146 valence electrons. The van der Waals surface area contributed by atoms with Crippen LogP contribution in [-0.2, 0) is 4.57 Å². The molecule has 3 N–H and O–H groups in total. The van der Waals surface area contributed by atoms with Crippen molar-refractivity contribution < 1.29 is 33.9 Å². The lowest BCUT2D eigenvalue weighted by Crippen LogP contribution is -3.05. The Morgan fingerprint density at radius 2 is 0.739 bits per heavy atom. The van der Waals surface area contributed by atoms with E-state index in [0.29, 0.717) is 0 Å². The molecule has 0 aromatic heterocycles. The molecule has 0 aromatic carbocycles. The Balaban J connectivity index is -0.000000105. The summed E-state index contributed by atoms with van der Waals surface area (Å²) in [5, 5.41) is 0. The molecule has 0 aliphatic carbocycles. The normalized spacial score (nSPS) is 10.4. The highest BCUT2D eigenvalue weighted by Crippen LogP contribution is 2.03. The summed E-state index contributed by atoms with van der Waals surface area (Å²) in [6.45, 7) is 10.5. The lowest BCUT2D eigenvalue weighted by Gasteiger charge is -2.36. The van der Waals surface area contributed by atoms with Crippen LogP contribution in [0.15, 0.2) is 0 Å². The third-order valence-corrected chi connectivity index (χ3v) is 2.25. The summed E-state index contributed by atoms with van der Waals surface area (Å²) in [6.07, 6.45) is 3.88. The standard InChI is InChI=1S/3C5H13N.H3O4P/c3*1-4-5-6(2)3;1-5(2,3)4/h3*4-5H2,1-3H3;(H3,1,2,3,4). The van der Waals surface area contributed by atoms with Gasteiger partial charge in [-0.3, -0.25) is 0 Å². The molecule has 0 spiro atoms. The Kier molecular flexibility index (Phi) is 29.5. The van der Waals surface area contributed by atoms with Crippen LogP contribution >= 0.6 is 7.82 Å². The molecule has 0 aromatic rings. The monoisotopic (exact) mass is 359 g/mol. The van der Waals surface area contributed by atoms with Gasteiger partial charge in [-0.25, -0.2) is 0 Å². The minimum atomic E-state index is -5.39. The summed E-state index contributed by atoms with van der Waals surface area (Å²) in [7, 11) is 7.63. The van der Waals surface area contributed by atoms with Gasteiger partial charge < -0.3 is 33.9 Å². The summed E-state index contributed by atoms with van der Waals surface area (Å²) in [4.78, 5) is 30.3. The molecule has 0 rings (SSSR count). The SMILES string of the molecule is CCC[NH+](C)C.CCC[NH+](C)C.CCC[NH+](C)C.O=P([O-])([O-])[O-]. The van der Waals surface area contributed by atoms with E-state index in [1.165, 1.54) is 53.6 Å². The molecular weight excluding hydrogens is 317 g/mol. The van der Waals surface area contributed by atoms with E-state index in [-0.39, 0.29) is 0 Å². The van der Waals surface area contributed by atoms with Crippen molar-refractivity contribution in [3.05, 3.63) is 0 Å². The molecule has 0 bridgehead atoms. The van der Waals surface area contributed by atoms with Crippen molar-refractivity contribution in [2.24, 2.45) is 0 Å². The maximum atomic E-state index is 8.55. The van der Waals surface area contributed by atoms with Crippen molar-refractivity contribution in [2.75, 3.05) is 61.9 Å². The van der Waals surface area contributed by atoms with Crippen LogP contribution in [0, 0.1) is 0 Å². The molecule has 23 heavy (non-hydrogen) atoms. The van der Waals surface area contributed by atoms with Gasteiger partial charge in [0.1, 0.15) is 0 Å². The molecular formula is C15H42N3O4P. The first-order chi connectivity index (χ1) is 10.3.